The van der Waals surface area contributed by atoms with Crippen LogP contribution < -0.4 is 0 Å². The van der Waals surface area contributed by atoms with Crippen molar-refractivity contribution < 1.29 is 9.90 Å². The summed E-state index contributed by atoms with van der Waals surface area (Å²) in [6.45, 7) is 6.30. The molecule has 2 heteroatoms. The standard InChI is InChI=1S/C21H34O2/c1-13(22)18-6-7-19-17-5-4-14-12-20(2,23)10-8-15(14)16(17)9-11-21(18,19)3/h14-19,23H,4-12H2,1-3H3/t14-,15?,16+,17+,18+,19-,20+,21+/m0/s1. The fourth-order valence-electron chi connectivity index (χ4n) is 7.75. The lowest BCUT2D eigenvalue weighted by atomic mass is 9.49. The Morgan fingerprint density at radius 3 is 2.39 bits per heavy atom. The van der Waals surface area contributed by atoms with E-state index in [4.69, 9.17) is 0 Å². The quantitative estimate of drug-likeness (QED) is 0.767. The van der Waals surface area contributed by atoms with Crippen molar-refractivity contribution >= 4 is 5.78 Å². The van der Waals surface area contributed by atoms with Gasteiger partial charge in [-0.25, -0.2) is 0 Å². The molecule has 0 aromatic heterocycles. The highest BCUT2D eigenvalue weighted by Crippen LogP contribution is 2.64. The molecule has 1 unspecified atom stereocenters. The third-order valence-electron chi connectivity index (χ3n) is 8.73. The van der Waals surface area contributed by atoms with Crippen LogP contribution in [0.4, 0.5) is 0 Å². The summed E-state index contributed by atoms with van der Waals surface area (Å²) in [5.74, 6) is 4.92. The first-order chi connectivity index (χ1) is 10.8. The molecule has 4 fully saturated rings. The largest absolute Gasteiger partial charge is 0.390 e. The van der Waals surface area contributed by atoms with E-state index in [1.54, 1.807) is 0 Å². The molecule has 0 spiro atoms. The number of aliphatic hydroxyl groups is 1. The van der Waals surface area contributed by atoms with E-state index in [2.05, 4.69) is 6.92 Å². The van der Waals surface area contributed by atoms with Gasteiger partial charge in [0, 0.05) is 5.92 Å². The highest BCUT2D eigenvalue weighted by molar-refractivity contribution is 5.79. The van der Waals surface area contributed by atoms with Gasteiger partial charge < -0.3 is 5.11 Å². The molecule has 1 N–H and O–H groups in total. The Morgan fingerprint density at radius 2 is 1.65 bits per heavy atom. The van der Waals surface area contributed by atoms with E-state index in [0.29, 0.717) is 17.1 Å². The lowest BCUT2D eigenvalue weighted by Gasteiger charge is -2.56. The van der Waals surface area contributed by atoms with Gasteiger partial charge in [-0.3, -0.25) is 4.79 Å². The molecule has 0 aliphatic heterocycles. The van der Waals surface area contributed by atoms with Gasteiger partial charge in [-0.1, -0.05) is 6.92 Å². The Bertz CT molecular complexity index is 496. The maximum absolute atomic E-state index is 12.1. The Hall–Kier alpha value is -0.370. The van der Waals surface area contributed by atoms with Crippen molar-refractivity contribution in [2.75, 3.05) is 0 Å². The van der Waals surface area contributed by atoms with Crippen LogP contribution in [-0.4, -0.2) is 16.5 Å². The van der Waals surface area contributed by atoms with Gasteiger partial charge in [-0.15, -0.1) is 0 Å². The zero-order chi connectivity index (χ0) is 16.4. The van der Waals surface area contributed by atoms with Gasteiger partial charge in [0.15, 0.2) is 0 Å². The zero-order valence-electron chi connectivity index (χ0n) is 15.2. The maximum Gasteiger partial charge on any atom is 0.133 e. The third kappa shape index (κ3) is 2.42. The number of carbonyl (C=O) groups is 1. The van der Waals surface area contributed by atoms with E-state index in [9.17, 15) is 9.90 Å². The van der Waals surface area contributed by atoms with E-state index in [-0.39, 0.29) is 0 Å². The van der Waals surface area contributed by atoms with E-state index in [1.807, 2.05) is 13.8 Å². The Kier molecular flexibility index (Phi) is 3.72. The van der Waals surface area contributed by atoms with Crippen LogP contribution in [0.2, 0.25) is 0 Å². The summed E-state index contributed by atoms with van der Waals surface area (Å²) in [5.41, 5.74) is -0.121. The molecule has 0 aromatic rings. The summed E-state index contributed by atoms with van der Waals surface area (Å²) in [7, 11) is 0. The predicted molar refractivity (Wildman–Crippen MR) is 91.9 cm³/mol. The van der Waals surface area contributed by atoms with Crippen LogP contribution in [0.1, 0.15) is 78.6 Å². The van der Waals surface area contributed by atoms with Crippen LogP contribution >= 0.6 is 0 Å². The first-order valence-electron chi connectivity index (χ1n) is 10.0. The average molecular weight is 319 g/mol. The van der Waals surface area contributed by atoms with Gasteiger partial charge in [0.1, 0.15) is 5.78 Å². The predicted octanol–water partition coefficient (Wildman–Crippen LogP) is 4.60. The fraction of sp³-hybridized carbons (Fsp3) is 0.952. The van der Waals surface area contributed by atoms with E-state index < -0.39 is 5.60 Å². The summed E-state index contributed by atoms with van der Waals surface area (Å²) >= 11 is 0. The van der Waals surface area contributed by atoms with Crippen molar-refractivity contribution in [1.29, 1.82) is 0 Å². The van der Waals surface area contributed by atoms with Crippen LogP contribution in [0.25, 0.3) is 0 Å². The Labute approximate surface area is 141 Å². The summed E-state index contributed by atoms with van der Waals surface area (Å²) in [5, 5.41) is 10.5. The van der Waals surface area contributed by atoms with Crippen LogP contribution in [0.15, 0.2) is 0 Å². The fourth-order valence-corrected chi connectivity index (χ4v) is 7.75. The number of ketones is 1. The molecular formula is C21H34O2. The van der Waals surface area contributed by atoms with Crippen LogP contribution in [-0.2, 0) is 4.79 Å². The third-order valence-corrected chi connectivity index (χ3v) is 8.73. The molecule has 0 aromatic carbocycles. The molecule has 0 bridgehead atoms. The molecule has 4 rings (SSSR count). The van der Waals surface area contributed by atoms with Crippen molar-refractivity contribution in [2.45, 2.75) is 84.2 Å². The van der Waals surface area contributed by atoms with Crippen molar-refractivity contribution in [2.24, 2.45) is 40.9 Å². The lowest BCUT2D eigenvalue weighted by molar-refractivity contribution is -0.130. The van der Waals surface area contributed by atoms with E-state index >= 15 is 0 Å². The molecule has 4 saturated carbocycles. The molecule has 0 radical (unpaired) electrons. The zero-order valence-corrected chi connectivity index (χ0v) is 15.2. The number of rotatable bonds is 1. The molecule has 0 saturated heterocycles. The molecule has 0 amide bonds. The summed E-state index contributed by atoms with van der Waals surface area (Å²) < 4.78 is 0. The van der Waals surface area contributed by atoms with Gasteiger partial charge in [0.25, 0.3) is 0 Å². The highest BCUT2D eigenvalue weighted by Gasteiger charge is 2.58. The molecule has 0 heterocycles. The lowest BCUT2D eigenvalue weighted by Crippen LogP contribution is -2.50. The Balaban J connectivity index is 1.56. The minimum Gasteiger partial charge on any atom is -0.390 e. The average Bonchev–Trinajstić information content (AvgIpc) is 2.83. The molecule has 4 aliphatic rings. The van der Waals surface area contributed by atoms with Crippen molar-refractivity contribution in [1.82, 2.24) is 0 Å². The number of carbonyl (C=O) groups excluding carboxylic acids is 1. The van der Waals surface area contributed by atoms with Crippen LogP contribution in [0.3, 0.4) is 0 Å². The van der Waals surface area contributed by atoms with Gasteiger partial charge in [-0.2, -0.15) is 0 Å². The minimum absolute atomic E-state index is 0.292. The minimum atomic E-state index is -0.412. The molecule has 4 aliphatic carbocycles. The van der Waals surface area contributed by atoms with Crippen molar-refractivity contribution in [3.63, 3.8) is 0 Å². The summed E-state index contributed by atoms with van der Waals surface area (Å²) in [4.78, 5) is 12.1. The summed E-state index contributed by atoms with van der Waals surface area (Å²) in [6, 6.07) is 0. The van der Waals surface area contributed by atoms with Gasteiger partial charge in [0.05, 0.1) is 5.60 Å². The maximum atomic E-state index is 12.1. The normalized spacial score (nSPS) is 55.7. The number of hydrogen-bond acceptors (Lipinski definition) is 2. The van der Waals surface area contributed by atoms with Crippen LogP contribution in [0, 0.1) is 40.9 Å². The Morgan fingerprint density at radius 1 is 0.913 bits per heavy atom. The van der Waals surface area contributed by atoms with E-state index in [0.717, 1.165) is 48.9 Å². The van der Waals surface area contributed by atoms with E-state index in [1.165, 1.54) is 38.5 Å². The van der Waals surface area contributed by atoms with Crippen molar-refractivity contribution in [3.05, 3.63) is 0 Å². The monoisotopic (exact) mass is 318 g/mol. The topological polar surface area (TPSA) is 37.3 Å². The first kappa shape index (κ1) is 16.1. The number of fused-ring (bicyclic) bond motifs is 5. The van der Waals surface area contributed by atoms with Crippen molar-refractivity contribution in [3.8, 4) is 0 Å². The second kappa shape index (κ2) is 5.31. The van der Waals surface area contributed by atoms with Gasteiger partial charge in [-0.05, 0) is 107 Å². The SMILES string of the molecule is CC(=O)[C@H]1CC[C@H]2[C@@H]3CC[C@H]4C[C@](C)(O)CCC4[C@H]3CC[C@]12C. The summed E-state index contributed by atoms with van der Waals surface area (Å²) in [6.07, 6.45) is 11.0. The van der Waals surface area contributed by atoms with Crippen LogP contribution in [0.5, 0.6) is 0 Å². The number of hydrogen-bond donors (Lipinski definition) is 1. The number of Topliss-reactive ketones (excluding diaryl/α,β-unsaturated/α-hetero) is 1. The van der Waals surface area contributed by atoms with Gasteiger partial charge in [0.2, 0.25) is 0 Å². The molecule has 8 atom stereocenters. The molecular weight excluding hydrogens is 284 g/mol. The second-order valence-electron chi connectivity index (χ2n) is 9.96. The first-order valence-corrected chi connectivity index (χ1v) is 10.0. The smallest absolute Gasteiger partial charge is 0.133 e. The second-order valence-corrected chi connectivity index (χ2v) is 9.96. The molecule has 23 heavy (non-hydrogen) atoms. The highest BCUT2D eigenvalue weighted by atomic mass is 16.3. The molecule has 2 nitrogen and oxygen atoms in total. The van der Waals surface area contributed by atoms with Gasteiger partial charge >= 0.3 is 0 Å². The molecule has 130 valence electrons.